The molecule has 7 heteroatoms. The van der Waals surface area contributed by atoms with Gasteiger partial charge >= 0.3 is 0 Å². The van der Waals surface area contributed by atoms with Crippen LogP contribution in [0, 0.1) is 6.92 Å². The van der Waals surface area contributed by atoms with E-state index in [0.717, 1.165) is 4.88 Å². The van der Waals surface area contributed by atoms with Gasteiger partial charge < -0.3 is 15.4 Å². The average molecular weight is 423 g/mol. The molecule has 1 aromatic heterocycles. The summed E-state index contributed by atoms with van der Waals surface area (Å²) in [4.78, 5) is 38.4. The van der Waals surface area contributed by atoms with Gasteiger partial charge in [-0.25, -0.2) is 0 Å². The summed E-state index contributed by atoms with van der Waals surface area (Å²) in [5.74, 6) is 0.00525. The number of para-hydroxylation sites is 2. The Morgan fingerprint density at radius 3 is 2.30 bits per heavy atom. The van der Waals surface area contributed by atoms with Gasteiger partial charge in [0.15, 0.2) is 5.78 Å². The van der Waals surface area contributed by atoms with Crippen molar-refractivity contribution in [3.8, 4) is 5.75 Å². The first-order valence-corrected chi connectivity index (χ1v) is 10.2. The van der Waals surface area contributed by atoms with Gasteiger partial charge in [0.1, 0.15) is 5.75 Å². The van der Waals surface area contributed by atoms with E-state index in [-0.39, 0.29) is 30.4 Å². The maximum Gasteiger partial charge on any atom is 0.255 e. The highest BCUT2D eigenvalue weighted by Crippen LogP contribution is 2.24. The second kappa shape index (κ2) is 9.84. The van der Waals surface area contributed by atoms with Crippen LogP contribution in [0.25, 0.3) is 0 Å². The van der Waals surface area contributed by atoms with Crippen LogP contribution >= 0.6 is 11.3 Å². The van der Waals surface area contributed by atoms with E-state index in [1.165, 1.54) is 18.4 Å². The maximum absolute atomic E-state index is 12.4. The molecular weight excluding hydrogens is 400 g/mol. The van der Waals surface area contributed by atoms with Crippen LogP contribution in [0.5, 0.6) is 5.75 Å². The number of carbonyl (C=O) groups is 3. The number of amides is 2. The summed E-state index contributed by atoms with van der Waals surface area (Å²) in [7, 11) is 1.54. The molecule has 0 saturated carbocycles. The molecule has 154 valence electrons. The number of hydrogen-bond donors (Lipinski definition) is 2. The number of ketones is 1. The monoisotopic (exact) mass is 422 g/mol. The lowest BCUT2D eigenvalue weighted by atomic mass is 10.1. The Labute approximate surface area is 178 Å². The van der Waals surface area contributed by atoms with Crippen molar-refractivity contribution in [1.82, 2.24) is 0 Å². The summed E-state index contributed by atoms with van der Waals surface area (Å²) in [5.41, 5.74) is 1.59. The number of rotatable bonds is 8. The number of benzene rings is 2. The Hall–Kier alpha value is -3.45. The first-order valence-electron chi connectivity index (χ1n) is 9.40. The fourth-order valence-corrected chi connectivity index (χ4v) is 3.64. The molecule has 0 spiro atoms. The molecule has 2 amide bonds. The van der Waals surface area contributed by atoms with Crippen LogP contribution < -0.4 is 15.4 Å². The predicted molar refractivity (Wildman–Crippen MR) is 119 cm³/mol. The summed E-state index contributed by atoms with van der Waals surface area (Å²) < 4.78 is 5.23. The Kier molecular flexibility index (Phi) is 6.98. The van der Waals surface area contributed by atoms with E-state index in [2.05, 4.69) is 10.6 Å². The minimum absolute atomic E-state index is 0.0355. The summed E-state index contributed by atoms with van der Waals surface area (Å²) in [5, 5.41) is 5.55. The van der Waals surface area contributed by atoms with Gasteiger partial charge in [-0.1, -0.05) is 12.1 Å². The fourth-order valence-electron chi connectivity index (χ4n) is 2.81. The molecule has 0 atom stereocenters. The van der Waals surface area contributed by atoms with Crippen LogP contribution in [0.15, 0.2) is 60.7 Å². The van der Waals surface area contributed by atoms with E-state index in [9.17, 15) is 14.4 Å². The Balaban J connectivity index is 1.53. The number of carbonyl (C=O) groups excluding carboxylic acids is 3. The normalized spacial score (nSPS) is 10.3. The maximum atomic E-state index is 12.4. The molecule has 2 N–H and O–H groups in total. The van der Waals surface area contributed by atoms with E-state index < -0.39 is 0 Å². The van der Waals surface area contributed by atoms with Crippen molar-refractivity contribution in [3.05, 3.63) is 76.0 Å². The lowest BCUT2D eigenvalue weighted by Crippen LogP contribution is -2.14. The molecule has 0 aliphatic carbocycles. The first-order chi connectivity index (χ1) is 14.5. The van der Waals surface area contributed by atoms with Gasteiger partial charge in [-0.05, 0) is 55.5 Å². The third kappa shape index (κ3) is 5.55. The quantitative estimate of drug-likeness (QED) is 0.505. The number of hydrogen-bond acceptors (Lipinski definition) is 5. The molecule has 0 radical (unpaired) electrons. The van der Waals surface area contributed by atoms with E-state index in [0.29, 0.717) is 27.6 Å². The Bertz CT molecular complexity index is 1060. The van der Waals surface area contributed by atoms with Crippen LogP contribution in [0.4, 0.5) is 11.4 Å². The SMILES string of the molecule is COc1ccccc1NC(=O)c1ccc(NC(=O)CCC(=O)c2ccc(C)s2)cc1. The third-order valence-corrected chi connectivity index (χ3v) is 5.42. The van der Waals surface area contributed by atoms with E-state index >= 15 is 0 Å². The predicted octanol–water partition coefficient (Wildman–Crippen LogP) is 4.92. The minimum Gasteiger partial charge on any atom is -0.495 e. The van der Waals surface area contributed by atoms with Gasteiger partial charge in [0.25, 0.3) is 5.91 Å². The molecule has 0 bridgehead atoms. The average Bonchev–Trinajstić information content (AvgIpc) is 3.19. The number of nitrogens with one attached hydrogen (secondary N) is 2. The lowest BCUT2D eigenvalue weighted by Gasteiger charge is -2.10. The molecule has 0 saturated heterocycles. The smallest absolute Gasteiger partial charge is 0.255 e. The van der Waals surface area contributed by atoms with Gasteiger partial charge in [-0.2, -0.15) is 0 Å². The number of anilines is 2. The van der Waals surface area contributed by atoms with Crippen molar-refractivity contribution in [3.63, 3.8) is 0 Å². The third-order valence-electron chi connectivity index (χ3n) is 4.38. The van der Waals surface area contributed by atoms with Crippen molar-refractivity contribution < 1.29 is 19.1 Å². The van der Waals surface area contributed by atoms with Gasteiger partial charge in [-0.3, -0.25) is 14.4 Å². The van der Waals surface area contributed by atoms with Crippen molar-refractivity contribution in [1.29, 1.82) is 0 Å². The number of aryl methyl sites for hydroxylation is 1. The Morgan fingerprint density at radius 2 is 1.63 bits per heavy atom. The second-order valence-electron chi connectivity index (χ2n) is 6.61. The molecule has 0 aliphatic heterocycles. The van der Waals surface area contributed by atoms with Crippen LogP contribution in [0.2, 0.25) is 0 Å². The second-order valence-corrected chi connectivity index (χ2v) is 7.90. The highest BCUT2D eigenvalue weighted by atomic mass is 32.1. The van der Waals surface area contributed by atoms with Gasteiger partial charge in [0.05, 0.1) is 17.7 Å². The number of Topliss-reactive ketones (excluding diaryl/α,β-unsaturated/α-hetero) is 1. The van der Waals surface area contributed by atoms with Crippen molar-refractivity contribution in [2.75, 3.05) is 17.7 Å². The summed E-state index contributed by atoms with van der Waals surface area (Å²) in [6, 6.07) is 17.4. The van der Waals surface area contributed by atoms with Crippen molar-refractivity contribution >= 4 is 40.3 Å². The van der Waals surface area contributed by atoms with E-state index in [1.807, 2.05) is 19.1 Å². The van der Waals surface area contributed by atoms with Crippen LogP contribution in [0.3, 0.4) is 0 Å². The fraction of sp³-hybridized carbons (Fsp3) is 0.174. The van der Waals surface area contributed by atoms with Crippen LogP contribution in [-0.4, -0.2) is 24.7 Å². The van der Waals surface area contributed by atoms with Gasteiger partial charge in [0.2, 0.25) is 5.91 Å². The highest BCUT2D eigenvalue weighted by molar-refractivity contribution is 7.14. The summed E-state index contributed by atoms with van der Waals surface area (Å²) >= 11 is 1.43. The molecule has 3 aromatic rings. The highest BCUT2D eigenvalue weighted by Gasteiger charge is 2.12. The summed E-state index contributed by atoms with van der Waals surface area (Å²) in [6.45, 7) is 1.94. The largest absolute Gasteiger partial charge is 0.495 e. The first kappa shape index (κ1) is 21.3. The Morgan fingerprint density at radius 1 is 0.900 bits per heavy atom. The van der Waals surface area contributed by atoms with E-state index in [1.54, 1.807) is 48.5 Å². The summed E-state index contributed by atoms with van der Waals surface area (Å²) in [6.07, 6.45) is 0.261. The zero-order valence-electron chi connectivity index (χ0n) is 16.7. The van der Waals surface area contributed by atoms with Crippen molar-refractivity contribution in [2.24, 2.45) is 0 Å². The minimum atomic E-state index is -0.283. The zero-order chi connectivity index (χ0) is 21.5. The number of ether oxygens (including phenoxy) is 1. The van der Waals surface area contributed by atoms with Crippen LogP contribution in [-0.2, 0) is 4.79 Å². The van der Waals surface area contributed by atoms with Crippen molar-refractivity contribution in [2.45, 2.75) is 19.8 Å². The zero-order valence-corrected chi connectivity index (χ0v) is 17.5. The molecule has 2 aromatic carbocycles. The molecule has 0 fully saturated rings. The molecule has 0 aliphatic rings. The standard InChI is InChI=1S/C23H22N2O4S/c1-15-7-13-21(30-15)19(26)12-14-22(27)24-17-10-8-16(9-11-17)23(28)25-18-5-3-4-6-20(18)29-2/h3-11,13H,12,14H2,1-2H3,(H,24,27)(H,25,28). The number of methoxy groups -OCH3 is 1. The molecule has 0 unspecified atom stereocenters. The number of thiophene rings is 1. The lowest BCUT2D eigenvalue weighted by molar-refractivity contribution is -0.116. The van der Waals surface area contributed by atoms with Gasteiger partial charge in [-0.15, -0.1) is 11.3 Å². The molecular formula is C23H22N2O4S. The van der Waals surface area contributed by atoms with Crippen LogP contribution in [0.1, 0.15) is 37.7 Å². The van der Waals surface area contributed by atoms with E-state index in [4.69, 9.17) is 4.74 Å². The topological polar surface area (TPSA) is 84.5 Å². The molecule has 30 heavy (non-hydrogen) atoms. The molecule has 1 heterocycles. The van der Waals surface area contributed by atoms with Gasteiger partial charge in [0, 0.05) is 29.0 Å². The molecule has 6 nitrogen and oxygen atoms in total. The molecule has 3 rings (SSSR count).